The van der Waals surface area contributed by atoms with Crippen LogP contribution in [0.25, 0.3) is 0 Å². The van der Waals surface area contributed by atoms with E-state index in [0.29, 0.717) is 0 Å². The highest BCUT2D eigenvalue weighted by atomic mass is 79.9. The van der Waals surface area contributed by atoms with Crippen LogP contribution in [-0.2, 0) is 4.74 Å². The molecule has 0 aliphatic heterocycles. The standard InChI is InChI=1S/C13H18BrNO2/c1-8-6-10(14)9(2)11(7-8)15-12(16)17-13(3,4)5/h6-7H,1-5H3,(H,15,16). The molecule has 0 aliphatic carbocycles. The second-order valence-electron chi connectivity index (χ2n) is 5.05. The van der Waals surface area contributed by atoms with E-state index >= 15 is 0 Å². The molecule has 0 unspecified atom stereocenters. The van der Waals surface area contributed by atoms with Crippen molar-refractivity contribution in [1.82, 2.24) is 0 Å². The minimum Gasteiger partial charge on any atom is -0.444 e. The monoisotopic (exact) mass is 299 g/mol. The lowest BCUT2D eigenvalue weighted by molar-refractivity contribution is 0.0636. The second kappa shape index (κ2) is 5.08. The van der Waals surface area contributed by atoms with Gasteiger partial charge >= 0.3 is 6.09 Å². The van der Waals surface area contributed by atoms with E-state index in [0.717, 1.165) is 21.3 Å². The van der Waals surface area contributed by atoms with Crippen molar-refractivity contribution in [3.05, 3.63) is 27.7 Å². The van der Waals surface area contributed by atoms with Crippen LogP contribution in [0.5, 0.6) is 0 Å². The number of halogens is 1. The molecule has 0 bridgehead atoms. The van der Waals surface area contributed by atoms with Crippen LogP contribution in [0.2, 0.25) is 0 Å². The number of carbonyl (C=O) groups is 1. The first-order chi connectivity index (χ1) is 7.69. The van der Waals surface area contributed by atoms with Gasteiger partial charge in [-0.15, -0.1) is 0 Å². The first-order valence-electron chi connectivity index (χ1n) is 5.46. The van der Waals surface area contributed by atoms with Gasteiger partial charge in [0.2, 0.25) is 0 Å². The zero-order valence-corrected chi connectivity index (χ0v) is 12.4. The molecule has 1 N–H and O–H groups in total. The van der Waals surface area contributed by atoms with Gasteiger partial charge in [0, 0.05) is 10.2 Å². The Labute approximate surface area is 111 Å². The molecule has 17 heavy (non-hydrogen) atoms. The summed E-state index contributed by atoms with van der Waals surface area (Å²) in [6.07, 6.45) is -0.432. The SMILES string of the molecule is Cc1cc(Br)c(C)c(NC(=O)OC(C)(C)C)c1. The maximum atomic E-state index is 11.7. The topological polar surface area (TPSA) is 38.3 Å². The van der Waals surface area contributed by atoms with Gasteiger partial charge in [-0.2, -0.15) is 0 Å². The predicted octanol–water partition coefficient (Wildman–Crippen LogP) is 4.41. The van der Waals surface area contributed by atoms with Gasteiger partial charge in [0.1, 0.15) is 5.60 Å². The zero-order chi connectivity index (χ0) is 13.2. The van der Waals surface area contributed by atoms with E-state index < -0.39 is 11.7 Å². The highest BCUT2D eigenvalue weighted by molar-refractivity contribution is 9.10. The molecule has 0 aliphatic rings. The molecule has 3 nitrogen and oxygen atoms in total. The molecule has 1 amide bonds. The van der Waals surface area contributed by atoms with Crippen molar-refractivity contribution in [1.29, 1.82) is 0 Å². The fourth-order valence-corrected chi connectivity index (χ4v) is 1.93. The van der Waals surface area contributed by atoms with Gasteiger partial charge in [0.25, 0.3) is 0 Å². The molecule has 0 aromatic heterocycles. The minimum absolute atomic E-state index is 0.432. The number of hydrogen-bond acceptors (Lipinski definition) is 2. The Bertz CT molecular complexity index is 436. The van der Waals surface area contributed by atoms with E-state index in [2.05, 4.69) is 21.2 Å². The normalized spacial score (nSPS) is 11.2. The third-order valence-electron chi connectivity index (χ3n) is 2.12. The smallest absolute Gasteiger partial charge is 0.412 e. The number of rotatable bonds is 1. The number of hydrogen-bond donors (Lipinski definition) is 1. The van der Waals surface area contributed by atoms with E-state index in [9.17, 15) is 4.79 Å². The first-order valence-corrected chi connectivity index (χ1v) is 6.25. The van der Waals surface area contributed by atoms with Crippen LogP contribution in [-0.4, -0.2) is 11.7 Å². The summed E-state index contributed by atoms with van der Waals surface area (Å²) in [5, 5.41) is 2.76. The summed E-state index contributed by atoms with van der Waals surface area (Å²) in [5.74, 6) is 0. The zero-order valence-electron chi connectivity index (χ0n) is 10.8. The Hall–Kier alpha value is -1.03. The summed E-state index contributed by atoms with van der Waals surface area (Å²) in [4.78, 5) is 11.7. The number of benzene rings is 1. The van der Waals surface area contributed by atoms with Crippen molar-refractivity contribution in [2.75, 3.05) is 5.32 Å². The largest absolute Gasteiger partial charge is 0.444 e. The maximum absolute atomic E-state index is 11.7. The first kappa shape index (κ1) is 14.0. The van der Waals surface area contributed by atoms with Crippen LogP contribution in [0.1, 0.15) is 31.9 Å². The summed E-state index contributed by atoms with van der Waals surface area (Å²) in [7, 11) is 0. The Morgan fingerprint density at radius 2 is 1.88 bits per heavy atom. The fraction of sp³-hybridized carbons (Fsp3) is 0.462. The van der Waals surface area contributed by atoms with Crippen LogP contribution in [0.15, 0.2) is 16.6 Å². The van der Waals surface area contributed by atoms with E-state index in [1.165, 1.54) is 0 Å². The molecule has 0 spiro atoms. The van der Waals surface area contributed by atoms with Crippen LogP contribution >= 0.6 is 15.9 Å². The van der Waals surface area contributed by atoms with Crippen molar-refractivity contribution in [2.24, 2.45) is 0 Å². The molecule has 0 radical (unpaired) electrons. The number of aryl methyl sites for hydroxylation is 1. The van der Waals surface area contributed by atoms with Gasteiger partial charge in [0.05, 0.1) is 0 Å². The maximum Gasteiger partial charge on any atom is 0.412 e. The van der Waals surface area contributed by atoms with E-state index in [4.69, 9.17) is 4.74 Å². The van der Waals surface area contributed by atoms with Crippen molar-refractivity contribution < 1.29 is 9.53 Å². The summed E-state index contributed by atoms with van der Waals surface area (Å²) >= 11 is 3.46. The third kappa shape index (κ3) is 4.38. The molecule has 0 atom stereocenters. The second-order valence-corrected chi connectivity index (χ2v) is 5.90. The molecular formula is C13H18BrNO2. The van der Waals surface area contributed by atoms with Crippen molar-refractivity contribution in [3.8, 4) is 0 Å². The van der Waals surface area contributed by atoms with Gasteiger partial charge in [-0.05, 0) is 57.9 Å². The van der Waals surface area contributed by atoms with Gasteiger partial charge in [-0.1, -0.05) is 15.9 Å². The highest BCUT2D eigenvalue weighted by Gasteiger charge is 2.17. The highest BCUT2D eigenvalue weighted by Crippen LogP contribution is 2.26. The molecule has 0 fully saturated rings. The molecule has 1 aromatic rings. The minimum atomic E-state index is -0.487. The third-order valence-corrected chi connectivity index (χ3v) is 2.95. The van der Waals surface area contributed by atoms with Crippen molar-refractivity contribution in [2.45, 2.75) is 40.2 Å². The van der Waals surface area contributed by atoms with E-state index in [-0.39, 0.29) is 0 Å². The predicted molar refractivity (Wildman–Crippen MR) is 73.5 cm³/mol. The Morgan fingerprint density at radius 3 is 2.41 bits per heavy atom. The van der Waals surface area contributed by atoms with E-state index in [1.807, 2.05) is 46.8 Å². The van der Waals surface area contributed by atoms with Crippen molar-refractivity contribution in [3.63, 3.8) is 0 Å². The summed E-state index contributed by atoms with van der Waals surface area (Å²) in [6, 6.07) is 3.93. The summed E-state index contributed by atoms with van der Waals surface area (Å²) < 4.78 is 6.19. The molecular weight excluding hydrogens is 282 g/mol. The molecule has 0 saturated heterocycles. The quantitative estimate of drug-likeness (QED) is 0.834. The Kier molecular flexibility index (Phi) is 4.20. The average Bonchev–Trinajstić information content (AvgIpc) is 2.10. The van der Waals surface area contributed by atoms with Crippen LogP contribution in [0.3, 0.4) is 0 Å². The van der Waals surface area contributed by atoms with Gasteiger partial charge in [-0.25, -0.2) is 4.79 Å². The van der Waals surface area contributed by atoms with Crippen molar-refractivity contribution >= 4 is 27.7 Å². The van der Waals surface area contributed by atoms with Gasteiger partial charge in [-0.3, -0.25) is 5.32 Å². The molecule has 4 heteroatoms. The number of nitrogens with one attached hydrogen (secondary N) is 1. The summed E-state index contributed by atoms with van der Waals surface area (Å²) in [6.45, 7) is 9.43. The van der Waals surface area contributed by atoms with Gasteiger partial charge < -0.3 is 4.74 Å². The summed E-state index contributed by atoms with van der Waals surface area (Å²) in [5.41, 5.74) is 2.35. The molecule has 1 aromatic carbocycles. The lowest BCUT2D eigenvalue weighted by Gasteiger charge is -2.20. The van der Waals surface area contributed by atoms with E-state index in [1.54, 1.807) is 0 Å². The molecule has 1 rings (SSSR count). The number of carbonyl (C=O) groups excluding carboxylic acids is 1. The number of amides is 1. The Balaban J connectivity index is 2.85. The average molecular weight is 300 g/mol. The van der Waals surface area contributed by atoms with Crippen LogP contribution in [0, 0.1) is 13.8 Å². The molecule has 94 valence electrons. The molecule has 0 saturated carbocycles. The lowest BCUT2D eigenvalue weighted by Crippen LogP contribution is -2.27. The fourth-order valence-electron chi connectivity index (χ4n) is 1.36. The lowest BCUT2D eigenvalue weighted by atomic mass is 10.1. The Morgan fingerprint density at radius 1 is 1.29 bits per heavy atom. The van der Waals surface area contributed by atoms with Gasteiger partial charge in [0.15, 0.2) is 0 Å². The number of ether oxygens (including phenoxy) is 1. The number of anilines is 1. The molecule has 0 heterocycles. The van der Waals surface area contributed by atoms with Crippen LogP contribution < -0.4 is 5.32 Å². The van der Waals surface area contributed by atoms with Crippen LogP contribution in [0.4, 0.5) is 10.5 Å².